The quantitative estimate of drug-likeness (QED) is 0.302. The lowest BCUT2D eigenvalue weighted by Gasteiger charge is -2.09. The first-order chi connectivity index (χ1) is 15.9. The molecule has 0 aliphatic rings. The predicted molar refractivity (Wildman–Crippen MR) is 133 cm³/mol. The number of amides is 1. The van der Waals surface area contributed by atoms with Crippen LogP contribution in [0.5, 0.6) is 11.5 Å². The smallest absolute Gasteiger partial charge is 0.341 e. The molecule has 0 radical (unpaired) electrons. The van der Waals surface area contributed by atoms with E-state index in [0.717, 1.165) is 10.4 Å². The largest absolute Gasteiger partial charge is 0.497 e. The minimum absolute atomic E-state index is 0.221. The molecule has 1 N–H and O–H groups in total. The van der Waals surface area contributed by atoms with E-state index >= 15 is 0 Å². The Balaban J connectivity index is 1.92. The Morgan fingerprint density at radius 1 is 1.09 bits per heavy atom. The van der Waals surface area contributed by atoms with E-state index in [-0.39, 0.29) is 12.5 Å². The molecule has 0 atom stereocenters. The summed E-state index contributed by atoms with van der Waals surface area (Å²) in [7, 11) is 3.12. The Kier molecular flexibility index (Phi) is 8.14. The topological polar surface area (TPSA) is 73.9 Å². The summed E-state index contributed by atoms with van der Waals surface area (Å²) in [6.45, 7) is 3.85. The van der Waals surface area contributed by atoms with Gasteiger partial charge in [0.2, 0.25) is 5.91 Å². The first-order valence-electron chi connectivity index (χ1n) is 10.2. The summed E-state index contributed by atoms with van der Waals surface area (Å²) in [4.78, 5) is 26.4. The number of anilines is 1. The van der Waals surface area contributed by atoms with Crippen molar-refractivity contribution in [1.82, 2.24) is 0 Å². The molecule has 8 heteroatoms. The average Bonchev–Trinajstić information content (AvgIpc) is 3.13. The molecule has 1 aromatic heterocycles. The van der Waals surface area contributed by atoms with Crippen LogP contribution in [-0.2, 0) is 9.53 Å². The molecule has 0 spiro atoms. The van der Waals surface area contributed by atoms with Gasteiger partial charge in [-0.2, -0.15) is 0 Å². The molecule has 1 heterocycles. The van der Waals surface area contributed by atoms with Crippen molar-refractivity contribution < 1.29 is 23.8 Å². The SMILES string of the molecule is CCOC(=O)c1c(NC(=O)C=Cc2ccc(OC)cc2OC)sc(C)c1-c1ccc(Cl)cc1. The van der Waals surface area contributed by atoms with Crippen LogP contribution in [0, 0.1) is 6.92 Å². The zero-order valence-corrected chi connectivity index (χ0v) is 20.3. The highest BCUT2D eigenvalue weighted by Gasteiger charge is 2.25. The van der Waals surface area contributed by atoms with Gasteiger partial charge < -0.3 is 19.5 Å². The number of rotatable bonds is 8. The number of esters is 1. The Labute approximate surface area is 201 Å². The number of thiophene rings is 1. The molecule has 3 rings (SSSR count). The van der Waals surface area contributed by atoms with E-state index in [0.29, 0.717) is 38.2 Å². The summed E-state index contributed by atoms with van der Waals surface area (Å²) in [5.74, 6) is 0.337. The van der Waals surface area contributed by atoms with Crippen LogP contribution >= 0.6 is 22.9 Å². The van der Waals surface area contributed by atoms with Gasteiger partial charge in [0.15, 0.2) is 0 Å². The van der Waals surface area contributed by atoms with E-state index in [9.17, 15) is 9.59 Å². The fourth-order valence-corrected chi connectivity index (χ4v) is 4.46. The number of carbonyl (C=O) groups excluding carboxylic acids is 2. The van der Waals surface area contributed by atoms with E-state index in [1.165, 1.54) is 17.4 Å². The van der Waals surface area contributed by atoms with Crippen molar-refractivity contribution in [2.24, 2.45) is 0 Å². The monoisotopic (exact) mass is 485 g/mol. The molecule has 0 bridgehead atoms. The van der Waals surface area contributed by atoms with Crippen molar-refractivity contribution in [2.45, 2.75) is 13.8 Å². The van der Waals surface area contributed by atoms with Gasteiger partial charge in [-0.05, 0) is 49.8 Å². The zero-order chi connectivity index (χ0) is 24.0. The first kappa shape index (κ1) is 24.4. The molecule has 0 saturated carbocycles. The van der Waals surface area contributed by atoms with Gasteiger partial charge in [-0.25, -0.2) is 4.79 Å². The van der Waals surface area contributed by atoms with Crippen molar-refractivity contribution in [1.29, 1.82) is 0 Å². The van der Waals surface area contributed by atoms with Gasteiger partial charge in [-0.15, -0.1) is 11.3 Å². The summed E-state index contributed by atoms with van der Waals surface area (Å²) >= 11 is 7.34. The number of halogens is 1. The maximum atomic E-state index is 12.8. The van der Waals surface area contributed by atoms with Crippen LogP contribution < -0.4 is 14.8 Å². The lowest BCUT2D eigenvalue weighted by Crippen LogP contribution is -2.12. The number of nitrogens with one attached hydrogen (secondary N) is 1. The van der Waals surface area contributed by atoms with Gasteiger partial charge in [0.25, 0.3) is 0 Å². The van der Waals surface area contributed by atoms with Crippen molar-refractivity contribution in [3.63, 3.8) is 0 Å². The van der Waals surface area contributed by atoms with Crippen molar-refractivity contribution >= 4 is 45.9 Å². The van der Waals surface area contributed by atoms with Crippen molar-refractivity contribution in [2.75, 3.05) is 26.1 Å². The second-order valence-electron chi connectivity index (χ2n) is 6.90. The Morgan fingerprint density at radius 3 is 2.45 bits per heavy atom. The van der Waals surface area contributed by atoms with Gasteiger partial charge in [-0.1, -0.05) is 23.7 Å². The molecule has 172 valence electrons. The number of methoxy groups -OCH3 is 2. The van der Waals surface area contributed by atoms with Gasteiger partial charge in [0.05, 0.1) is 20.8 Å². The average molecular weight is 486 g/mol. The lowest BCUT2D eigenvalue weighted by molar-refractivity contribution is -0.111. The number of hydrogen-bond donors (Lipinski definition) is 1. The third-order valence-corrected chi connectivity index (χ3v) is 6.06. The summed E-state index contributed by atoms with van der Waals surface area (Å²) in [6, 6.07) is 12.5. The van der Waals surface area contributed by atoms with Gasteiger partial charge in [-0.3, -0.25) is 4.79 Å². The number of carbonyl (C=O) groups is 2. The molecule has 0 fully saturated rings. The molecular formula is C25H24ClNO5S. The maximum absolute atomic E-state index is 12.8. The molecule has 1 amide bonds. The molecule has 0 aliphatic heterocycles. The second-order valence-corrected chi connectivity index (χ2v) is 8.56. The van der Waals surface area contributed by atoms with Crippen LogP contribution in [0.4, 0.5) is 5.00 Å². The van der Waals surface area contributed by atoms with Crippen LogP contribution in [-0.4, -0.2) is 32.7 Å². The Hall–Kier alpha value is -3.29. The highest BCUT2D eigenvalue weighted by atomic mass is 35.5. The standard InChI is InChI=1S/C25H24ClNO5S/c1-5-32-25(29)23-22(17-6-10-18(26)11-7-17)15(2)33-24(23)27-21(28)13-9-16-8-12-19(30-3)14-20(16)31-4/h6-14H,5H2,1-4H3,(H,27,28). The van der Waals surface area contributed by atoms with E-state index in [1.807, 2.05) is 19.1 Å². The van der Waals surface area contributed by atoms with Crippen LogP contribution in [0.25, 0.3) is 17.2 Å². The molecule has 0 saturated heterocycles. The fraction of sp³-hybridized carbons (Fsp3) is 0.200. The predicted octanol–water partition coefficient (Wildman–Crippen LogP) is 6.22. The molecule has 2 aromatic carbocycles. The van der Waals surface area contributed by atoms with Crippen LogP contribution in [0.3, 0.4) is 0 Å². The summed E-state index contributed by atoms with van der Waals surface area (Å²) in [5.41, 5.74) is 2.56. The fourth-order valence-electron chi connectivity index (χ4n) is 3.27. The Morgan fingerprint density at radius 2 is 1.82 bits per heavy atom. The number of hydrogen-bond acceptors (Lipinski definition) is 6. The lowest BCUT2D eigenvalue weighted by atomic mass is 10.0. The minimum Gasteiger partial charge on any atom is -0.497 e. The molecule has 33 heavy (non-hydrogen) atoms. The number of aryl methyl sites for hydroxylation is 1. The molecule has 0 aliphatic carbocycles. The van der Waals surface area contributed by atoms with Crippen LogP contribution in [0.1, 0.15) is 27.7 Å². The van der Waals surface area contributed by atoms with Crippen molar-refractivity contribution in [3.8, 4) is 22.6 Å². The molecular weight excluding hydrogens is 462 g/mol. The third kappa shape index (κ3) is 5.74. The number of benzene rings is 2. The number of ether oxygens (including phenoxy) is 3. The summed E-state index contributed by atoms with van der Waals surface area (Å²) in [6.07, 6.45) is 3.02. The zero-order valence-electron chi connectivity index (χ0n) is 18.7. The van der Waals surface area contributed by atoms with Crippen LogP contribution in [0.2, 0.25) is 5.02 Å². The van der Waals surface area contributed by atoms with E-state index < -0.39 is 5.97 Å². The molecule has 3 aromatic rings. The third-order valence-electron chi connectivity index (χ3n) is 4.79. The summed E-state index contributed by atoms with van der Waals surface area (Å²) < 4.78 is 15.8. The van der Waals surface area contributed by atoms with Gasteiger partial charge in [0.1, 0.15) is 22.1 Å². The van der Waals surface area contributed by atoms with E-state index in [4.69, 9.17) is 25.8 Å². The normalized spacial score (nSPS) is 10.8. The highest BCUT2D eigenvalue weighted by Crippen LogP contribution is 2.40. The van der Waals surface area contributed by atoms with E-state index in [2.05, 4.69) is 5.32 Å². The van der Waals surface area contributed by atoms with Gasteiger partial charge >= 0.3 is 5.97 Å². The molecule has 6 nitrogen and oxygen atoms in total. The van der Waals surface area contributed by atoms with E-state index in [1.54, 1.807) is 57.6 Å². The Bertz CT molecular complexity index is 1180. The minimum atomic E-state index is -0.497. The second kappa shape index (κ2) is 11.0. The molecule has 0 unspecified atom stereocenters. The van der Waals surface area contributed by atoms with Gasteiger partial charge in [0, 0.05) is 33.2 Å². The first-order valence-corrected chi connectivity index (χ1v) is 11.3. The van der Waals surface area contributed by atoms with Crippen LogP contribution in [0.15, 0.2) is 48.5 Å². The van der Waals surface area contributed by atoms with Crippen molar-refractivity contribution in [3.05, 3.63) is 69.6 Å². The maximum Gasteiger partial charge on any atom is 0.341 e. The highest BCUT2D eigenvalue weighted by molar-refractivity contribution is 7.17. The summed E-state index contributed by atoms with van der Waals surface area (Å²) in [5, 5.41) is 3.84.